The van der Waals surface area contributed by atoms with Crippen LogP contribution in [0.5, 0.6) is 0 Å². The third-order valence-electron chi connectivity index (χ3n) is 15.1. The van der Waals surface area contributed by atoms with Gasteiger partial charge in [-0.3, -0.25) is 4.90 Å². The van der Waals surface area contributed by atoms with E-state index in [0.29, 0.717) is 12.1 Å². The highest BCUT2D eigenvalue weighted by molar-refractivity contribution is 6.15. The maximum atomic E-state index is 5.72. The number of benzene rings is 5. The first-order valence-electron chi connectivity index (χ1n) is 22.2. The smallest absolute Gasteiger partial charge is 0.272 e. The van der Waals surface area contributed by atoms with E-state index in [2.05, 4.69) is 152 Å². The van der Waals surface area contributed by atoms with Gasteiger partial charge in [-0.25, -0.2) is 0 Å². The molecule has 0 bridgehead atoms. The van der Waals surface area contributed by atoms with Gasteiger partial charge in [-0.1, -0.05) is 130 Å². The molecule has 57 heavy (non-hydrogen) atoms. The van der Waals surface area contributed by atoms with Gasteiger partial charge in [0.2, 0.25) is 0 Å². The van der Waals surface area contributed by atoms with Crippen LogP contribution in [0.1, 0.15) is 136 Å². The van der Waals surface area contributed by atoms with Crippen LogP contribution in [-0.2, 0) is 17.6 Å². The number of aryl methyl sites for hydroxylation is 2. The SMILES string of the molecule is Cc1ccc2ccc3c(c2c1C)CC1C2=[N+](C=NC31)C1(c3ccc4cc(C(C)(C)C)ccc4c32)N(C2CCCCC2)C=C(c2ccccc2)C=[N+]1C1CCCCC1. The summed E-state index contributed by atoms with van der Waals surface area (Å²) in [5.41, 5.74) is 14.2. The largest absolute Gasteiger partial charge is 0.417 e. The second-order valence-corrected chi connectivity index (χ2v) is 19.3. The van der Waals surface area contributed by atoms with Crippen molar-refractivity contribution >= 4 is 45.4 Å². The second kappa shape index (κ2) is 13.1. The van der Waals surface area contributed by atoms with Gasteiger partial charge in [0.15, 0.2) is 18.3 Å². The zero-order valence-corrected chi connectivity index (χ0v) is 34.7. The predicted octanol–water partition coefficient (Wildman–Crippen LogP) is 11.9. The molecule has 1 spiro atoms. The summed E-state index contributed by atoms with van der Waals surface area (Å²) in [6.07, 6.45) is 21.2. The number of fused-ring (bicyclic) bond motifs is 12. The summed E-state index contributed by atoms with van der Waals surface area (Å²) in [7, 11) is 0. The number of nitrogens with zero attached hydrogens (tertiary/aromatic N) is 4. The summed E-state index contributed by atoms with van der Waals surface area (Å²) < 4.78 is 5.64. The van der Waals surface area contributed by atoms with Crippen LogP contribution in [0.4, 0.5) is 0 Å². The van der Waals surface area contributed by atoms with E-state index in [4.69, 9.17) is 4.99 Å². The minimum Gasteiger partial charge on any atom is -0.272 e. The quantitative estimate of drug-likeness (QED) is 0.168. The Labute approximate surface area is 339 Å². The molecule has 3 atom stereocenters. The summed E-state index contributed by atoms with van der Waals surface area (Å²) in [5.74, 6) is -0.288. The molecule has 5 aromatic rings. The number of hydrogen-bond acceptors (Lipinski definition) is 2. The summed E-state index contributed by atoms with van der Waals surface area (Å²) >= 11 is 0. The lowest BCUT2D eigenvalue weighted by molar-refractivity contribution is -0.840. The number of aliphatic imine (C=N–C) groups is 1. The van der Waals surface area contributed by atoms with Crippen LogP contribution in [0.25, 0.3) is 27.1 Å². The first kappa shape index (κ1) is 35.3. The van der Waals surface area contributed by atoms with Crippen LogP contribution in [0.3, 0.4) is 0 Å². The third-order valence-corrected chi connectivity index (χ3v) is 15.1. The Balaban J connectivity index is 1.22. The van der Waals surface area contributed by atoms with E-state index < -0.39 is 5.79 Å². The molecule has 3 heterocycles. The number of hydrogen-bond donors (Lipinski definition) is 0. The molecule has 288 valence electrons. The van der Waals surface area contributed by atoms with E-state index >= 15 is 0 Å². The molecular formula is C53H58N4+2. The van der Waals surface area contributed by atoms with Crippen molar-refractivity contribution < 1.29 is 9.15 Å². The van der Waals surface area contributed by atoms with Crippen molar-refractivity contribution in [1.82, 2.24) is 4.90 Å². The summed E-state index contributed by atoms with van der Waals surface area (Å²) in [4.78, 5) is 8.61. The van der Waals surface area contributed by atoms with Crippen LogP contribution in [0.2, 0.25) is 0 Å². The van der Waals surface area contributed by atoms with Crippen molar-refractivity contribution in [3.63, 3.8) is 0 Å². The highest BCUT2D eigenvalue weighted by Crippen LogP contribution is 2.54. The molecular weight excluding hydrogens is 693 g/mol. The van der Waals surface area contributed by atoms with Crippen molar-refractivity contribution in [2.45, 2.75) is 135 Å². The molecule has 11 rings (SSSR count). The molecule has 0 saturated heterocycles. The van der Waals surface area contributed by atoms with Gasteiger partial charge in [0, 0.05) is 36.2 Å². The zero-order valence-electron chi connectivity index (χ0n) is 34.7. The minimum atomic E-state index is -0.540. The Hall–Kier alpha value is -4.83. The fourth-order valence-electron chi connectivity index (χ4n) is 12.1. The lowest BCUT2D eigenvalue weighted by Gasteiger charge is -2.46. The maximum absolute atomic E-state index is 5.72. The summed E-state index contributed by atoms with van der Waals surface area (Å²) in [6, 6.07) is 34.0. The average molecular weight is 751 g/mol. The van der Waals surface area contributed by atoms with Crippen LogP contribution in [0, 0.1) is 19.8 Å². The van der Waals surface area contributed by atoms with Crippen LogP contribution >= 0.6 is 0 Å². The Morgan fingerprint density at radius 1 is 0.772 bits per heavy atom. The summed E-state index contributed by atoms with van der Waals surface area (Å²) in [5, 5.41) is 5.56. The van der Waals surface area contributed by atoms with E-state index in [1.165, 1.54) is 142 Å². The normalized spacial score (nSPS) is 24.8. The van der Waals surface area contributed by atoms with E-state index in [0.717, 1.165) is 6.42 Å². The molecule has 2 saturated carbocycles. The summed E-state index contributed by atoms with van der Waals surface area (Å²) in [6.45, 7) is 11.6. The fourth-order valence-corrected chi connectivity index (χ4v) is 12.1. The van der Waals surface area contributed by atoms with E-state index in [-0.39, 0.29) is 17.4 Å². The molecule has 0 radical (unpaired) electrons. The van der Waals surface area contributed by atoms with Gasteiger partial charge in [-0.15, -0.1) is 4.58 Å². The van der Waals surface area contributed by atoms with Crippen molar-refractivity contribution in [1.29, 1.82) is 0 Å². The standard InChI is InChI=1S/C53H58N4/c1-34-21-22-37-23-26-44-45(48(37)35(34)2)30-46-50(44)54-33-57-51(46)49-43-27-25-40(52(3,4)5)29-38(43)24-28-47(49)53(57)55(41-17-11-7-12-18-41)31-39(36-15-9-6-10-16-36)32-56(53)42-19-13-8-14-20-42/h6,9-10,15-16,21-29,31-33,41-42,46,50H,7-8,11-14,17-20,30H2,1-5H3/q+2. The predicted molar refractivity (Wildman–Crippen MR) is 237 cm³/mol. The van der Waals surface area contributed by atoms with Crippen LogP contribution in [-0.4, -0.2) is 44.4 Å². The fraction of sp³-hybridized carbons (Fsp3) is 0.415. The molecule has 2 fully saturated rings. The molecule has 5 aromatic carbocycles. The average Bonchev–Trinajstić information content (AvgIpc) is 3.77. The van der Waals surface area contributed by atoms with E-state index in [9.17, 15) is 0 Å². The Morgan fingerprint density at radius 3 is 2.28 bits per heavy atom. The Bertz CT molecular complexity index is 2590. The highest BCUT2D eigenvalue weighted by Gasteiger charge is 2.68. The number of rotatable bonds is 3. The van der Waals surface area contributed by atoms with Gasteiger partial charge in [0.1, 0.15) is 11.3 Å². The Morgan fingerprint density at radius 2 is 1.51 bits per heavy atom. The highest BCUT2D eigenvalue weighted by atomic mass is 15.5. The first-order chi connectivity index (χ1) is 27.7. The maximum Gasteiger partial charge on any atom is 0.417 e. The van der Waals surface area contributed by atoms with Crippen LogP contribution < -0.4 is 0 Å². The van der Waals surface area contributed by atoms with Gasteiger partial charge in [-0.2, -0.15) is 4.58 Å². The topological polar surface area (TPSA) is 21.6 Å². The molecule has 0 aromatic heterocycles. The minimum absolute atomic E-state index is 0.0763. The lowest BCUT2D eigenvalue weighted by Crippen LogP contribution is -2.65. The number of allylic oxidation sites excluding steroid dienone is 1. The lowest BCUT2D eigenvalue weighted by atomic mass is 9.82. The molecule has 0 N–H and O–H groups in total. The molecule has 3 unspecified atom stereocenters. The van der Waals surface area contributed by atoms with Crippen molar-refractivity contribution in [3.8, 4) is 0 Å². The van der Waals surface area contributed by atoms with Gasteiger partial charge in [0.25, 0.3) is 6.34 Å². The molecule has 4 nitrogen and oxygen atoms in total. The molecule has 0 amide bonds. The van der Waals surface area contributed by atoms with Crippen molar-refractivity contribution in [2.24, 2.45) is 10.9 Å². The van der Waals surface area contributed by atoms with Crippen molar-refractivity contribution in [2.75, 3.05) is 0 Å². The monoisotopic (exact) mass is 750 g/mol. The van der Waals surface area contributed by atoms with Crippen LogP contribution in [0.15, 0.2) is 96.1 Å². The zero-order chi connectivity index (χ0) is 38.6. The molecule has 3 aliphatic carbocycles. The third kappa shape index (κ3) is 5.20. The molecule has 3 aliphatic heterocycles. The van der Waals surface area contributed by atoms with Crippen molar-refractivity contribution in [3.05, 3.63) is 136 Å². The second-order valence-electron chi connectivity index (χ2n) is 19.3. The Kier molecular flexibility index (Phi) is 8.12. The molecule has 4 heteroatoms. The molecule has 6 aliphatic rings. The van der Waals surface area contributed by atoms with Gasteiger partial charge >= 0.3 is 5.79 Å². The van der Waals surface area contributed by atoms with E-state index in [1.54, 1.807) is 0 Å². The van der Waals surface area contributed by atoms with E-state index in [1.807, 2.05) is 0 Å². The van der Waals surface area contributed by atoms with Gasteiger partial charge in [0.05, 0.1) is 11.5 Å². The van der Waals surface area contributed by atoms with Gasteiger partial charge < -0.3 is 0 Å². The van der Waals surface area contributed by atoms with Gasteiger partial charge in [-0.05, 0) is 107 Å². The first-order valence-corrected chi connectivity index (χ1v) is 22.2.